The summed E-state index contributed by atoms with van der Waals surface area (Å²) in [6.07, 6.45) is 1.79. The van der Waals surface area contributed by atoms with Gasteiger partial charge in [-0.25, -0.2) is 9.79 Å². The number of nitrogens with zero attached hydrogens (tertiary/aromatic N) is 3. The van der Waals surface area contributed by atoms with Crippen LogP contribution in [0.4, 0.5) is 5.69 Å². The number of anilines is 1. The van der Waals surface area contributed by atoms with E-state index in [0.29, 0.717) is 38.5 Å². The molecule has 2 aliphatic heterocycles. The van der Waals surface area contributed by atoms with E-state index >= 15 is 0 Å². The summed E-state index contributed by atoms with van der Waals surface area (Å²) in [6.45, 7) is 6.30. The first-order valence-electron chi connectivity index (χ1n) is 12.7. The Morgan fingerprint density at radius 3 is 2.55 bits per heavy atom. The Hall–Kier alpha value is -3.98. The zero-order chi connectivity index (χ0) is 27.0. The van der Waals surface area contributed by atoms with Crippen molar-refractivity contribution in [2.45, 2.75) is 39.7 Å². The molecule has 1 atom stereocenters. The monoisotopic (exact) mass is 531 g/mol. The lowest BCUT2D eigenvalue weighted by molar-refractivity contribution is -0.139. The van der Waals surface area contributed by atoms with Crippen LogP contribution in [0.3, 0.4) is 0 Å². The minimum absolute atomic E-state index is 0.182. The van der Waals surface area contributed by atoms with E-state index < -0.39 is 12.0 Å². The van der Waals surface area contributed by atoms with Gasteiger partial charge >= 0.3 is 5.97 Å². The molecule has 1 amide bonds. The number of hydrogen-bond acceptors (Lipinski definition) is 7. The van der Waals surface area contributed by atoms with E-state index in [9.17, 15) is 14.4 Å². The number of fused-ring (bicyclic) bond motifs is 2. The molecule has 3 aromatic rings. The van der Waals surface area contributed by atoms with E-state index in [0.717, 1.165) is 24.1 Å². The molecule has 0 bridgehead atoms. The number of thiazole rings is 1. The number of ether oxygens (including phenoxy) is 2. The maximum atomic E-state index is 14.2. The molecule has 5 rings (SSSR count). The van der Waals surface area contributed by atoms with Gasteiger partial charge in [-0.3, -0.25) is 14.2 Å². The van der Waals surface area contributed by atoms with E-state index in [1.54, 1.807) is 31.9 Å². The van der Waals surface area contributed by atoms with Gasteiger partial charge in [0, 0.05) is 17.7 Å². The van der Waals surface area contributed by atoms with Gasteiger partial charge in [0.1, 0.15) is 16.3 Å². The molecule has 3 heterocycles. The second-order valence-electron chi connectivity index (χ2n) is 9.07. The van der Waals surface area contributed by atoms with Crippen LogP contribution in [0.15, 0.2) is 69.6 Å². The predicted molar refractivity (Wildman–Crippen MR) is 146 cm³/mol. The summed E-state index contributed by atoms with van der Waals surface area (Å²) in [5, 5.41) is 0. The number of allylic oxidation sites excluding steroid dienone is 1. The lowest BCUT2D eigenvalue weighted by atomic mass is 9.95. The molecule has 8 nitrogen and oxygen atoms in total. The number of amides is 1. The van der Waals surface area contributed by atoms with Gasteiger partial charge in [0.15, 0.2) is 4.80 Å². The highest BCUT2D eigenvalue weighted by Crippen LogP contribution is 2.37. The van der Waals surface area contributed by atoms with Gasteiger partial charge < -0.3 is 14.4 Å². The first-order chi connectivity index (χ1) is 18.4. The molecule has 0 saturated carbocycles. The number of hydrogen-bond donors (Lipinski definition) is 0. The summed E-state index contributed by atoms with van der Waals surface area (Å²) in [6, 6.07) is 14.0. The van der Waals surface area contributed by atoms with E-state index in [1.807, 2.05) is 42.5 Å². The molecule has 0 unspecified atom stereocenters. The maximum Gasteiger partial charge on any atom is 0.338 e. The zero-order valence-corrected chi connectivity index (χ0v) is 22.6. The summed E-state index contributed by atoms with van der Waals surface area (Å²) in [4.78, 5) is 47.9. The van der Waals surface area contributed by atoms with Crippen LogP contribution in [-0.2, 0) is 14.3 Å². The maximum absolute atomic E-state index is 14.2. The quantitative estimate of drug-likeness (QED) is 0.437. The molecule has 0 aliphatic carbocycles. The van der Waals surface area contributed by atoms with Crippen molar-refractivity contribution in [3.05, 3.63) is 90.6 Å². The van der Waals surface area contributed by atoms with Gasteiger partial charge in [-0.1, -0.05) is 61.1 Å². The van der Waals surface area contributed by atoms with Crippen LogP contribution in [0.2, 0.25) is 0 Å². The number of esters is 1. The Morgan fingerprint density at radius 2 is 1.82 bits per heavy atom. The number of methoxy groups -OCH3 is 1. The minimum Gasteiger partial charge on any atom is -0.496 e. The average molecular weight is 532 g/mol. The van der Waals surface area contributed by atoms with Crippen molar-refractivity contribution in [3.63, 3.8) is 0 Å². The van der Waals surface area contributed by atoms with Crippen LogP contribution in [0, 0.1) is 0 Å². The van der Waals surface area contributed by atoms with Gasteiger partial charge in [-0.15, -0.1) is 0 Å². The molecule has 196 valence electrons. The van der Waals surface area contributed by atoms with Gasteiger partial charge in [0.25, 0.3) is 11.5 Å². The number of aromatic nitrogens is 1. The van der Waals surface area contributed by atoms with Crippen molar-refractivity contribution in [2.75, 3.05) is 25.2 Å². The van der Waals surface area contributed by atoms with E-state index in [-0.39, 0.29) is 23.6 Å². The largest absolute Gasteiger partial charge is 0.496 e. The lowest BCUT2D eigenvalue weighted by Gasteiger charge is -2.25. The third kappa shape index (κ3) is 4.07. The Labute approximate surface area is 224 Å². The van der Waals surface area contributed by atoms with Gasteiger partial charge in [-0.2, -0.15) is 0 Å². The van der Waals surface area contributed by atoms with Crippen LogP contribution in [0.25, 0.3) is 5.57 Å². The molecule has 2 aliphatic rings. The number of unbranched alkanes of at least 4 members (excludes halogenated alkanes) is 1. The Morgan fingerprint density at radius 1 is 1.08 bits per heavy atom. The molecular weight excluding hydrogens is 502 g/mol. The molecule has 2 aromatic carbocycles. The number of carbonyl (C=O) groups excluding carboxylic acids is 2. The van der Waals surface area contributed by atoms with Crippen molar-refractivity contribution in [2.24, 2.45) is 4.99 Å². The highest BCUT2D eigenvalue weighted by molar-refractivity contribution is 7.07. The fourth-order valence-corrected chi connectivity index (χ4v) is 6.20. The fourth-order valence-electron chi connectivity index (χ4n) is 5.07. The molecule has 1 aromatic heterocycles. The van der Waals surface area contributed by atoms with Crippen molar-refractivity contribution in [3.8, 4) is 5.75 Å². The number of benzene rings is 2. The van der Waals surface area contributed by atoms with Crippen LogP contribution in [0.5, 0.6) is 5.75 Å². The Kier molecular flexibility index (Phi) is 7.03. The lowest BCUT2D eigenvalue weighted by Crippen LogP contribution is -2.41. The second-order valence-corrected chi connectivity index (χ2v) is 10.0. The van der Waals surface area contributed by atoms with Crippen LogP contribution < -0.4 is 24.5 Å². The molecule has 0 N–H and O–H groups in total. The van der Waals surface area contributed by atoms with E-state index in [4.69, 9.17) is 9.47 Å². The molecule has 9 heteroatoms. The SMILES string of the molecule is CCCCN1C(=O)/C(=c2/sc3n(c2=O)[C@H](c2ccccc2OC)C(C(=O)OCC)=C(C)N=3)c2ccccc21. The standard InChI is InChI=1S/C29H29N3O5S/c1-5-7-16-31-20-14-10-8-12-18(20)23(26(31)33)25-27(34)32-24(19-13-9-11-15-21(19)36-4)22(28(35)37-6-2)17(3)30-29(32)38-25/h8-15,24H,5-7,16H2,1-4H3/b25-23+/t24-/m1/s1. The normalized spacial score (nSPS) is 17.7. The first kappa shape index (κ1) is 25.7. The summed E-state index contributed by atoms with van der Waals surface area (Å²) in [7, 11) is 1.55. The van der Waals surface area contributed by atoms with Crippen LogP contribution in [-0.4, -0.2) is 36.7 Å². The summed E-state index contributed by atoms with van der Waals surface area (Å²) in [5.74, 6) is -0.212. The van der Waals surface area contributed by atoms with E-state index in [2.05, 4.69) is 11.9 Å². The Balaban J connectivity index is 1.81. The van der Waals surface area contributed by atoms with Crippen molar-refractivity contribution in [1.82, 2.24) is 4.57 Å². The van der Waals surface area contributed by atoms with Crippen LogP contribution >= 0.6 is 11.3 Å². The van der Waals surface area contributed by atoms with Crippen LogP contribution in [0.1, 0.15) is 50.8 Å². The minimum atomic E-state index is -0.821. The van der Waals surface area contributed by atoms with Crippen molar-refractivity contribution < 1.29 is 19.1 Å². The molecule has 0 radical (unpaired) electrons. The Bertz CT molecular complexity index is 1650. The fraction of sp³-hybridized carbons (Fsp3) is 0.310. The first-order valence-corrected chi connectivity index (χ1v) is 13.5. The zero-order valence-electron chi connectivity index (χ0n) is 21.8. The van der Waals surface area contributed by atoms with E-state index in [1.165, 1.54) is 15.9 Å². The average Bonchev–Trinajstić information content (AvgIpc) is 3.38. The van der Waals surface area contributed by atoms with Gasteiger partial charge in [0.2, 0.25) is 0 Å². The van der Waals surface area contributed by atoms with Gasteiger partial charge in [0.05, 0.1) is 36.2 Å². The number of carbonyl (C=O) groups is 2. The predicted octanol–water partition coefficient (Wildman–Crippen LogP) is 3.32. The molecular formula is C29H29N3O5S. The molecule has 0 spiro atoms. The number of rotatable bonds is 7. The van der Waals surface area contributed by atoms with Crippen molar-refractivity contribution >= 4 is 34.5 Å². The van der Waals surface area contributed by atoms with Gasteiger partial charge in [-0.05, 0) is 32.4 Å². The third-order valence-corrected chi connectivity index (χ3v) is 7.87. The molecule has 0 saturated heterocycles. The molecule has 38 heavy (non-hydrogen) atoms. The topological polar surface area (TPSA) is 90.2 Å². The third-order valence-electron chi connectivity index (χ3n) is 6.81. The number of para-hydroxylation sites is 2. The smallest absolute Gasteiger partial charge is 0.338 e. The summed E-state index contributed by atoms with van der Waals surface area (Å²) in [5.41, 5.74) is 2.88. The van der Waals surface area contributed by atoms with Crippen molar-refractivity contribution in [1.29, 1.82) is 0 Å². The summed E-state index contributed by atoms with van der Waals surface area (Å²) < 4.78 is 12.8. The summed E-state index contributed by atoms with van der Waals surface area (Å²) >= 11 is 1.17. The molecule has 0 fully saturated rings. The highest BCUT2D eigenvalue weighted by Gasteiger charge is 2.38. The second kappa shape index (κ2) is 10.4. The highest BCUT2D eigenvalue weighted by atomic mass is 32.1.